The van der Waals surface area contributed by atoms with Crippen molar-refractivity contribution in [2.75, 3.05) is 0 Å². The molecule has 0 bridgehead atoms. The first kappa shape index (κ1) is 13.5. The first-order valence-corrected chi connectivity index (χ1v) is 6.47. The molecule has 0 saturated carbocycles. The summed E-state index contributed by atoms with van der Waals surface area (Å²) in [6.45, 7) is 0. The Hall–Kier alpha value is -1.94. The molecule has 0 heterocycles. The molecule has 19 heavy (non-hydrogen) atoms. The van der Waals surface area contributed by atoms with E-state index < -0.39 is 5.97 Å². The largest absolute Gasteiger partial charge is 0.481 e. The fraction of sp³-hybridized carbons (Fsp3) is 0.0667. The number of aliphatic carboxylic acids is 1. The molecule has 2 aromatic rings. The molecule has 4 heteroatoms. The molecule has 0 spiro atoms. The predicted molar refractivity (Wildman–Crippen MR) is 75.4 cm³/mol. The van der Waals surface area contributed by atoms with E-state index >= 15 is 0 Å². The van der Waals surface area contributed by atoms with Crippen LogP contribution in [0.1, 0.15) is 21.5 Å². The lowest BCUT2D eigenvalue weighted by molar-refractivity contribution is -0.136. The van der Waals surface area contributed by atoms with Gasteiger partial charge in [-0.2, -0.15) is 0 Å². The fourth-order valence-corrected chi connectivity index (χ4v) is 2.08. The third-order valence-electron chi connectivity index (χ3n) is 2.71. The number of carboxylic acid groups (broad SMARTS) is 1. The lowest BCUT2D eigenvalue weighted by Crippen LogP contribution is -2.09. The van der Waals surface area contributed by atoms with E-state index in [1.54, 1.807) is 48.5 Å². The van der Waals surface area contributed by atoms with Crippen molar-refractivity contribution < 1.29 is 14.7 Å². The van der Waals surface area contributed by atoms with Gasteiger partial charge in [0.05, 0.1) is 6.42 Å². The van der Waals surface area contributed by atoms with Crippen molar-refractivity contribution in [3.63, 3.8) is 0 Å². The highest BCUT2D eigenvalue weighted by molar-refractivity contribution is 9.10. The average Bonchev–Trinajstić information content (AvgIpc) is 2.39. The van der Waals surface area contributed by atoms with Gasteiger partial charge in [0.1, 0.15) is 0 Å². The number of rotatable bonds is 4. The molecule has 3 nitrogen and oxygen atoms in total. The van der Waals surface area contributed by atoms with Crippen molar-refractivity contribution >= 4 is 27.7 Å². The highest BCUT2D eigenvalue weighted by Crippen LogP contribution is 2.17. The van der Waals surface area contributed by atoms with Gasteiger partial charge in [-0.25, -0.2) is 0 Å². The molecular weight excluding hydrogens is 308 g/mol. The Morgan fingerprint density at radius 2 is 1.63 bits per heavy atom. The molecule has 0 aliphatic carbocycles. The average molecular weight is 319 g/mol. The van der Waals surface area contributed by atoms with Gasteiger partial charge in [-0.3, -0.25) is 9.59 Å². The van der Waals surface area contributed by atoms with Gasteiger partial charge >= 0.3 is 5.97 Å². The number of halogens is 1. The highest BCUT2D eigenvalue weighted by Gasteiger charge is 2.14. The molecule has 2 rings (SSSR count). The molecule has 0 unspecified atom stereocenters. The Balaban J connectivity index is 2.38. The van der Waals surface area contributed by atoms with Crippen molar-refractivity contribution in [3.05, 3.63) is 69.7 Å². The Bertz CT molecular complexity index is 618. The fourth-order valence-electron chi connectivity index (χ4n) is 1.82. The van der Waals surface area contributed by atoms with Crippen LogP contribution in [0.25, 0.3) is 0 Å². The van der Waals surface area contributed by atoms with E-state index in [0.717, 1.165) is 4.47 Å². The highest BCUT2D eigenvalue weighted by atomic mass is 79.9. The van der Waals surface area contributed by atoms with Gasteiger partial charge in [0.2, 0.25) is 0 Å². The van der Waals surface area contributed by atoms with Gasteiger partial charge in [-0.05, 0) is 29.8 Å². The van der Waals surface area contributed by atoms with Crippen molar-refractivity contribution in [2.45, 2.75) is 6.42 Å². The third-order valence-corrected chi connectivity index (χ3v) is 3.24. The summed E-state index contributed by atoms with van der Waals surface area (Å²) in [6, 6.07) is 13.8. The van der Waals surface area contributed by atoms with Gasteiger partial charge in [0.15, 0.2) is 5.78 Å². The van der Waals surface area contributed by atoms with Crippen LogP contribution >= 0.6 is 15.9 Å². The van der Waals surface area contributed by atoms with E-state index in [-0.39, 0.29) is 12.2 Å². The second-order valence-corrected chi connectivity index (χ2v) is 4.98. The summed E-state index contributed by atoms with van der Waals surface area (Å²) in [6.07, 6.45) is -0.154. The first-order chi connectivity index (χ1) is 9.08. The Morgan fingerprint density at radius 1 is 1.00 bits per heavy atom. The van der Waals surface area contributed by atoms with Crippen LogP contribution in [0.15, 0.2) is 53.0 Å². The van der Waals surface area contributed by atoms with E-state index in [1.165, 1.54) is 0 Å². The Kier molecular flexibility index (Phi) is 4.12. The molecule has 0 amide bonds. The van der Waals surface area contributed by atoms with Gasteiger partial charge < -0.3 is 5.11 Å². The molecule has 0 atom stereocenters. The summed E-state index contributed by atoms with van der Waals surface area (Å²) < 4.78 is 0.892. The zero-order valence-corrected chi connectivity index (χ0v) is 11.6. The van der Waals surface area contributed by atoms with Crippen molar-refractivity contribution in [3.8, 4) is 0 Å². The number of carbonyl (C=O) groups excluding carboxylic acids is 1. The summed E-state index contributed by atoms with van der Waals surface area (Å²) >= 11 is 3.31. The second-order valence-electron chi connectivity index (χ2n) is 4.06. The second kappa shape index (κ2) is 5.80. The molecule has 1 N–H and O–H groups in total. The number of benzene rings is 2. The minimum atomic E-state index is -0.948. The van der Waals surface area contributed by atoms with Crippen LogP contribution in [0, 0.1) is 0 Å². The van der Waals surface area contributed by atoms with Crippen LogP contribution in [-0.4, -0.2) is 16.9 Å². The number of ketones is 1. The molecule has 2 aromatic carbocycles. The molecule has 0 aliphatic rings. The van der Waals surface area contributed by atoms with Crippen molar-refractivity contribution in [1.29, 1.82) is 0 Å². The van der Waals surface area contributed by atoms with Gasteiger partial charge in [0.25, 0.3) is 0 Å². The van der Waals surface area contributed by atoms with Crippen LogP contribution in [0.5, 0.6) is 0 Å². The van der Waals surface area contributed by atoms with Crippen LogP contribution in [0.3, 0.4) is 0 Å². The zero-order valence-electron chi connectivity index (χ0n) is 9.97. The van der Waals surface area contributed by atoms with Gasteiger partial charge in [0, 0.05) is 15.6 Å². The normalized spacial score (nSPS) is 10.2. The summed E-state index contributed by atoms with van der Waals surface area (Å²) in [5.74, 6) is -1.11. The lowest BCUT2D eigenvalue weighted by atomic mass is 9.97. The third kappa shape index (κ3) is 3.29. The summed E-state index contributed by atoms with van der Waals surface area (Å²) in [5.41, 5.74) is 1.51. The van der Waals surface area contributed by atoms with Crippen LogP contribution in [-0.2, 0) is 11.2 Å². The summed E-state index contributed by atoms with van der Waals surface area (Å²) in [7, 11) is 0. The lowest BCUT2D eigenvalue weighted by Gasteiger charge is -2.07. The predicted octanol–water partition coefficient (Wildman–Crippen LogP) is 3.31. The SMILES string of the molecule is O=C(O)Cc1ccccc1C(=O)c1ccc(Br)cc1. The van der Waals surface area contributed by atoms with Crippen molar-refractivity contribution in [2.24, 2.45) is 0 Å². The minimum Gasteiger partial charge on any atom is -0.481 e. The van der Waals surface area contributed by atoms with Gasteiger partial charge in [-0.1, -0.05) is 40.2 Å². The van der Waals surface area contributed by atoms with Crippen LogP contribution in [0.4, 0.5) is 0 Å². The first-order valence-electron chi connectivity index (χ1n) is 5.68. The van der Waals surface area contributed by atoms with Gasteiger partial charge in [-0.15, -0.1) is 0 Å². The molecule has 0 fully saturated rings. The number of hydrogen-bond acceptors (Lipinski definition) is 2. The topological polar surface area (TPSA) is 54.4 Å². The number of carboxylic acids is 1. The maximum Gasteiger partial charge on any atom is 0.307 e. The smallest absolute Gasteiger partial charge is 0.307 e. The minimum absolute atomic E-state index is 0.154. The molecule has 96 valence electrons. The summed E-state index contributed by atoms with van der Waals surface area (Å²) in [4.78, 5) is 23.2. The number of carbonyl (C=O) groups is 2. The number of hydrogen-bond donors (Lipinski definition) is 1. The van der Waals surface area contributed by atoms with E-state index in [2.05, 4.69) is 15.9 Å². The monoisotopic (exact) mass is 318 g/mol. The molecular formula is C15H11BrO3. The van der Waals surface area contributed by atoms with E-state index in [4.69, 9.17) is 5.11 Å². The molecule has 0 radical (unpaired) electrons. The molecule has 0 saturated heterocycles. The quantitative estimate of drug-likeness (QED) is 0.880. The standard InChI is InChI=1S/C15H11BrO3/c16-12-7-5-10(6-8-12)15(19)13-4-2-1-3-11(13)9-14(17)18/h1-8H,9H2,(H,17,18). The summed E-state index contributed by atoms with van der Waals surface area (Å²) in [5, 5.41) is 8.86. The van der Waals surface area contributed by atoms with E-state index in [9.17, 15) is 9.59 Å². The van der Waals surface area contributed by atoms with Crippen molar-refractivity contribution in [1.82, 2.24) is 0 Å². The van der Waals surface area contributed by atoms with Crippen LogP contribution < -0.4 is 0 Å². The Morgan fingerprint density at radius 3 is 2.26 bits per heavy atom. The van der Waals surface area contributed by atoms with E-state index in [1.807, 2.05) is 0 Å². The van der Waals surface area contributed by atoms with E-state index in [0.29, 0.717) is 16.7 Å². The maximum atomic E-state index is 12.4. The maximum absolute atomic E-state index is 12.4. The zero-order chi connectivity index (χ0) is 13.8. The molecule has 0 aromatic heterocycles. The molecule has 0 aliphatic heterocycles. The Labute approximate surface area is 119 Å². The van der Waals surface area contributed by atoms with Crippen LogP contribution in [0.2, 0.25) is 0 Å².